The first-order valence-corrected chi connectivity index (χ1v) is 4.67. The number of carbonyl (C=O) groups excluding carboxylic acids is 1. The standard InChI is InChI=1S/C10H12N2O4/c1-6(5-8(14)15)12-10(16)9-7(13)3-2-4-11-9/h2-4,6,13H,5H2,1H3,(H,12,16)(H,14,15). The van der Waals surface area contributed by atoms with E-state index in [9.17, 15) is 14.7 Å². The molecule has 1 unspecified atom stereocenters. The summed E-state index contributed by atoms with van der Waals surface area (Å²) in [6.07, 6.45) is 1.19. The Hall–Kier alpha value is -2.11. The van der Waals surface area contributed by atoms with Crippen LogP contribution in [0.25, 0.3) is 0 Å². The monoisotopic (exact) mass is 224 g/mol. The molecule has 0 saturated heterocycles. The molecular formula is C10H12N2O4. The highest BCUT2D eigenvalue weighted by Gasteiger charge is 2.16. The number of hydrogen-bond acceptors (Lipinski definition) is 4. The summed E-state index contributed by atoms with van der Waals surface area (Å²) in [5, 5.41) is 20.3. The number of aliphatic carboxylic acids is 1. The van der Waals surface area contributed by atoms with Crippen LogP contribution in [0.2, 0.25) is 0 Å². The lowest BCUT2D eigenvalue weighted by atomic mass is 10.2. The largest absolute Gasteiger partial charge is 0.505 e. The van der Waals surface area contributed by atoms with Gasteiger partial charge in [-0.3, -0.25) is 9.59 Å². The molecule has 0 aliphatic heterocycles. The summed E-state index contributed by atoms with van der Waals surface area (Å²) in [6.45, 7) is 1.56. The maximum atomic E-state index is 11.5. The molecule has 0 aromatic carbocycles. The van der Waals surface area contributed by atoms with Crippen LogP contribution in [-0.2, 0) is 4.79 Å². The second kappa shape index (κ2) is 5.11. The van der Waals surface area contributed by atoms with Crippen molar-refractivity contribution in [1.29, 1.82) is 0 Å². The van der Waals surface area contributed by atoms with Gasteiger partial charge >= 0.3 is 5.97 Å². The summed E-state index contributed by atoms with van der Waals surface area (Å²) in [5.41, 5.74) is -0.111. The molecular weight excluding hydrogens is 212 g/mol. The van der Waals surface area contributed by atoms with Crippen molar-refractivity contribution in [1.82, 2.24) is 10.3 Å². The number of carboxylic acid groups (broad SMARTS) is 1. The van der Waals surface area contributed by atoms with Crippen LogP contribution in [0.1, 0.15) is 23.8 Å². The molecule has 6 nitrogen and oxygen atoms in total. The molecule has 0 spiro atoms. The van der Waals surface area contributed by atoms with Crippen molar-refractivity contribution in [2.24, 2.45) is 0 Å². The van der Waals surface area contributed by atoms with Gasteiger partial charge < -0.3 is 15.5 Å². The minimum absolute atomic E-state index is 0.111. The van der Waals surface area contributed by atoms with Gasteiger partial charge in [-0.05, 0) is 19.1 Å². The third-order valence-corrected chi connectivity index (χ3v) is 1.86. The summed E-state index contributed by atoms with van der Waals surface area (Å²) >= 11 is 0. The molecule has 0 radical (unpaired) electrons. The number of carbonyl (C=O) groups is 2. The Morgan fingerprint density at radius 3 is 2.81 bits per heavy atom. The molecule has 0 aliphatic rings. The quantitative estimate of drug-likeness (QED) is 0.686. The number of aromatic hydroxyl groups is 1. The Balaban J connectivity index is 2.66. The van der Waals surface area contributed by atoms with Crippen molar-refractivity contribution < 1.29 is 19.8 Å². The van der Waals surface area contributed by atoms with E-state index in [1.807, 2.05) is 0 Å². The number of pyridine rings is 1. The lowest BCUT2D eigenvalue weighted by molar-refractivity contribution is -0.137. The van der Waals surface area contributed by atoms with Gasteiger partial charge in [-0.15, -0.1) is 0 Å². The van der Waals surface area contributed by atoms with Crippen molar-refractivity contribution >= 4 is 11.9 Å². The van der Waals surface area contributed by atoms with Crippen LogP contribution in [0, 0.1) is 0 Å². The Bertz CT molecular complexity index is 406. The molecule has 6 heteroatoms. The van der Waals surface area contributed by atoms with E-state index in [0.717, 1.165) is 0 Å². The van der Waals surface area contributed by atoms with Crippen molar-refractivity contribution in [3.63, 3.8) is 0 Å². The van der Waals surface area contributed by atoms with Gasteiger partial charge in [0.05, 0.1) is 6.42 Å². The minimum atomic E-state index is -1.00. The van der Waals surface area contributed by atoms with Gasteiger partial charge in [0, 0.05) is 12.2 Å². The topological polar surface area (TPSA) is 99.5 Å². The number of amides is 1. The van der Waals surface area contributed by atoms with E-state index in [-0.39, 0.29) is 17.9 Å². The van der Waals surface area contributed by atoms with Gasteiger partial charge in [0.15, 0.2) is 5.69 Å². The van der Waals surface area contributed by atoms with Crippen molar-refractivity contribution in [3.8, 4) is 5.75 Å². The van der Waals surface area contributed by atoms with Gasteiger partial charge in [-0.1, -0.05) is 0 Å². The molecule has 1 aromatic rings. The highest BCUT2D eigenvalue weighted by atomic mass is 16.4. The number of nitrogens with one attached hydrogen (secondary N) is 1. The first kappa shape index (κ1) is 12.0. The van der Waals surface area contributed by atoms with Gasteiger partial charge in [0.2, 0.25) is 0 Å². The van der Waals surface area contributed by atoms with Crippen LogP contribution in [-0.4, -0.2) is 33.1 Å². The second-order valence-electron chi connectivity index (χ2n) is 3.34. The Labute approximate surface area is 91.9 Å². The fourth-order valence-electron chi connectivity index (χ4n) is 1.18. The lowest BCUT2D eigenvalue weighted by Gasteiger charge is -2.11. The van der Waals surface area contributed by atoms with E-state index in [0.29, 0.717) is 0 Å². The Morgan fingerprint density at radius 2 is 2.25 bits per heavy atom. The van der Waals surface area contributed by atoms with Crippen LogP contribution < -0.4 is 5.32 Å². The summed E-state index contributed by atoms with van der Waals surface area (Å²) < 4.78 is 0. The predicted octanol–water partition coefficient (Wildman–Crippen LogP) is 0.380. The van der Waals surface area contributed by atoms with Crippen LogP contribution in [0.3, 0.4) is 0 Å². The fourth-order valence-corrected chi connectivity index (χ4v) is 1.18. The minimum Gasteiger partial charge on any atom is -0.505 e. The summed E-state index contributed by atoms with van der Waals surface area (Å²) in [7, 11) is 0. The van der Waals surface area contributed by atoms with E-state index >= 15 is 0 Å². The SMILES string of the molecule is CC(CC(=O)O)NC(=O)c1ncccc1O. The summed E-state index contributed by atoms with van der Waals surface area (Å²) in [5.74, 6) is -1.83. The number of rotatable bonds is 4. The fraction of sp³-hybridized carbons (Fsp3) is 0.300. The van der Waals surface area contributed by atoms with Gasteiger partial charge in [-0.25, -0.2) is 4.98 Å². The molecule has 1 heterocycles. The van der Waals surface area contributed by atoms with Crippen LogP contribution >= 0.6 is 0 Å². The summed E-state index contributed by atoms with van der Waals surface area (Å²) in [4.78, 5) is 25.6. The smallest absolute Gasteiger partial charge is 0.305 e. The number of carboxylic acids is 1. The van der Waals surface area contributed by atoms with E-state index in [1.54, 1.807) is 6.92 Å². The van der Waals surface area contributed by atoms with Crippen LogP contribution in [0.4, 0.5) is 0 Å². The zero-order valence-electron chi connectivity index (χ0n) is 8.67. The molecule has 1 rings (SSSR count). The zero-order valence-corrected chi connectivity index (χ0v) is 8.67. The third-order valence-electron chi connectivity index (χ3n) is 1.86. The van der Waals surface area contributed by atoms with Gasteiger partial charge in [-0.2, -0.15) is 0 Å². The Morgan fingerprint density at radius 1 is 1.56 bits per heavy atom. The van der Waals surface area contributed by atoms with Gasteiger partial charge in [0.25, 0.3) is 5.91 Å². The molecule has 16 heavy (non-hydrogen) atoms. The van der Waals surface area contributed by atoms with Crippen molar-refractivity contribution in [3.05, 3.63) is 24.0 Å². The van der Waals surface area contributed by atoms with Crippen molar-refractivity contribution in [2.45, 2.75) is 19.4 Å². The highest BCUT2D eigenvalue weighted by Crippen LogP contribution is 2.12. The third kappa shape index (κ3) is 3.23. The van der Waals surface area contributed by atoms with E-state index < -0.39 is 17.9 Å². The predicted molar refractivity (Wildman–Crippen MR) is 55.1 cm³/mol. The number of nitrogens with zero attached hydrogens (tertiary/aromatic N) is 1. The average Bonchev–Trinajstić information content (AvgIpc) is 2.16. The number of hydrogen-bond donors (Lipinski definition) is 3. The van der Waals surface area contributed by atoms with E-state index in [4.69, 9.17) is 5.11 Å². The molecule has 86 valence electrons. The van der Waals surface area contributed by atoms with Gasteiger partial charge in [0.1, 0.15) is 5.75 Å². The lowest BCUT2D eigenvalue weighted by Crippen LogP contribution is -2.34. The molecule has 0 saturated carbocycles. The number of aromatic nitrogens is 1. The maximum absolute atomic E-state index is 11.5. The van der Waals surface area contributed by atoms with Crippen LogP contribution in [0.15, 0.2) is 18.3 Å². The first-order valence-electron chi connectivity index (χ1n) is 4.67. The van der Waals surface area contributed by atoms with E-state index in [2.05, 4.69) is 10.3 Å². The van der Waals surface area contributed by atoms with Crippen LogP contribution in [0.5, 0.6) is 5.75 Å². The molecule has 1 amide bonds. The molecule has 3 N–H and O–H groups in total. The highest BCUT2D eigenvalue weighted by molar-refractivity contribution is 5.95. The maximum Gasteiger partial charge on any atom is 0.305 e. The molecule has 0 fully saturated rings. The first-order chi connectivity index (χ1) is 7.50. The van der Waals surface area contributed by atoms with E-state index in [1.165, 1.54) is 18.3 Å². The van der Waals surface area contributed by atoms with Crippen molar-refractivity contribution in [2.75, 3.05) is 0 Å². The molecule has 0 aliphatic carbocycles. The average molecular weight is 224 g/mol. The summed E-state index contributed by atoms with van der Waals surface area (Å²) in [6, 6.07) is 2.31. The molecule has 1 aromatic heterocycles. The zero-order chi connectivity index (χ0) is 12.1. The molecule has 0 bridgehead atoms. The Kier molecular flexibility index (Phi) is 3.82. The second-order valence-corrected chi connectivity index (χ2v) is 3.34. The normalized spacial score (nSPS) is 11.8. The molecule has 1 atom stereocenters.